The number of ether oxygens (including phenoxy) is 1. The summed E-state index contributed by atoms with van der Waals surface area (Å²) in [6, 6.07) is 18.4. The summed E-state index contributed by atoms with van der Waals surface area (Å²) in [5.41, 5.74) is 1.69. The topological polar surface area (TPSA) is 118 Å². The van der Waals surface area contributed by atoms with Crippen LogP contribution in [0.15, 0.2) is 72.8 Å². The van der Waals surface area contributed by atoms with Crippen molar-refractivity contribution < 1.29 is 34.1 Å². The van der Waals surface area contributed by atoms with E-state index in [0.29, 0.717) is 0 Å². The third kappa shape index (κ3) is 10.7. The second kappa shape index (κ2) is 13.4. The predicted molar refractivity (Wildman–Crippen MR) is 123 cm³/mol. The van der Waals surface area contributed by atoms with Crippen molar-refractivity contribution in [1.29, 1.82) is 0 Å². The van der Waals surface area contributed by atoms with Gasteiger partial charge in [-0.1, -0.05) is 85.0 Å². The molecule has 0 aliphatic carbocycles. The zero-order valence-corrected chi connectivity index (χ0v) is 18.0. The molecule has 2 unspecified atom stereocenters. The lowest BCUT2D eigenvalue weighted by Crippen LogP contribution is -2.19. The number of benzene rings is 2. The third-order valence-electron chi connectivity index (χ3n) is 4.68. The zero-order valence-electron chi connectivity index (χ0n) is 18.0. The molecule has 2 aromatic rings. The van der Waals surface area contributed by atoms with Crippen LogP contribution in [0.4, 0.5) is 0 Å². The molecule has 0 fully saturated rings. The lowest BCUT2D eigenvalue weighted by molar-refractivity contribution is -0.160. The van der Waals surface area contributed by atoms with Gasteiger partial charge in [0.05, 0.1) is 25.7 Å². The molecular weight excluding hydrogens is 424 g/mol. The van der Waals surface area contributed by atoms with Gasteiger partial charge in [0.15, 0.2) is 0 Å². The third-order valence-corrected chi connectivity index (χ3v) is 4.68. The Balaban J connectivity index is 1.96. The van der Waals surface area contributed by atoms with E-state index in [4.69, 9.17) is 14.9 Å². The number of allylic oxidation sites excluding steroid dienone is 2. The van der Waals surface area contributed by atoms with Crippen molar-refractivity contribution in [3.05, 3.63) is 83.9 Å². The molecule has 2 N–H and O–H groups in total. The van der Waals surface area contributed by atoms with Crippen LogP contribution < -0.4 is 0 Å². The molecule has 33 heavy (non-hydrogen) atoms. The Morgan fingerprint density at radius 2 is 1.00 bits per heavy atom. The van der Waals surface area contributed by atoms with E-state index < -0.39 is 35.7 Å². The molecule has 2 aromatic carbocycles. The molecule has 0 aliphatic rings. The van der Waals surface area contributed by atoms with Gasteiger partial charge in [0, 0.05) is 0 Å². The van der Waals surface area contributed by atoms with Gasteiger partial charge >= 0.3 is 23.9 Å². The summed E-state index contributed by atoms with van der Waals surface area (Å²) < 4.78 is 4.85. The van der Waals surface area contributed by atoms with Crippen molar-refractivity contribution in [3.8, 4) is 0 Å². The SMILES string of the molecule is O=C(O)CC(/C=C/c1ccccc1)CC(=O)OC(=O)CC(/C=C/c1ccccc1)CC(=O)O. The Bertz CT molecular complexity index is 912. The second-order valence-corrected chi connectivity index (χ2v) is 7.51. The number of hydrogen-bond acceptors (Lipinski definition) is 5. The maximum Gasteiger partial charge on any atom is 0.314 e. The summed E-state index contributed by atoms with van der Waals surface area (Å²) in [6.45, 7) is 0. The van der Waals surface area contributed by atoms with Gasteiger partial charge < -0.3 is 14.9 Å². The predicted octanol–water partition coefficient (Wildman–Crippen LogP) is 4.45. The van der Waals surface area contributed by atoms with Crippen molar-refractivity contribution >= 4 is 36.0 Å². The fourth-order valence-electron chi connectivity index (χ4n) is 3.13. The molecule has 0 bridgehead atoms. The number of aliphatic carboxylic acids is 2. The minimum Gasteiger partial charge on any atom is -0.481 e. The molecule has 0 radical (unpaired) electrons. The molecule has 0 saturated heterocycles. The van der Waals surface area contributed by atoms with E-state index in [0.717, 1.165) is 11.1 Å². The minimum absolute atomic E-state index is 0.287. The molecule has 0 aliphatic heterocycles. The van der Waals surface area contributed by atoms with Gasteiger partial charge in [-0.05, 0) is 23.0 Å². The molecule has 0 aromatic heterocycles. The van der Waals surface area contributed by atoms with E-state index in [1.807, 2.05) is 60.7 Å². The Hall–Kier alpha value is -4.00. The van der Waals surface area contributed by atoms with E-state index in [9.17, 15) is 19.2 Å². The summed E-state index contributed by atoms with van der Waals surface area (Å²) in [6.07, 6.45) is 5.45. The van der Waals surface area contributed by atoms with Crippen molar-refractivity contribution in [2.24, 2.45) is 11.8 Å². The monoisotopic (exact) mass is 450 g/mol. The van der Waals surface area contributed by atoms with Crippen molar-refractivity contribution in [1.82, 2.24) is 0 Å². The minimum atomic E-state index is -1.08. The Morgan fingerprint density at radius 1 is 0.636 bits per heavy atom. The number of carbonyl (C=O) groups is 4. The molecule has 7 heteroatoms. The van der Waals surface area contributed by atoms with Gasteiger partial charge in [0.2, 0.25) is 0 Å². The van der Waals surface area contributed by atoms with Gasteiger partial charge in [-0.2, -0.15) is 0 Å². The lowest BCUT2D eigenvalue weighted by atomic mass is 9.99. The quantitative estimate of drug-likeness (QED) is 0.362. The molecule has 0 amide bonds. The maximum absolute atomic E-state index is 12.2. The van der Waals surface area contributed by atoms with Crippen LogP contribution in [0.3, 0.4) is 0 Å². The highest BCUT2D eigenvalue weighted by molar-refractivity contribution is 5.86. The number of esters is 2. The molecule has 0 heterocycles. The largest absolute Gasteiger partial charge is 0.481 e. The van der Waals surface area contributed by atoms with Gasteiger partial charge in [-0.15, -0.1) is 0 Å². The van der Waals surface area contributed by atoms with Crippen molar-refractivity contribution in [2.75, 3.05) is 0 Å². The van der Waals surface area contributed by atoms with Crippen LogP contribution in [0, 0.1) is 11.8 Å². The smallest absolute Gasteiger partial charge is 0.314 e. The standard InChI is InChI=1S/C26H26O7/c27-23(28)15-21(13-11-19-7-3-1-4-8-19)17-25(31)33-26(32)18-22(16-24(29)30)14-12-20-9-5-2-6-10-20/h1-14,21-22H,15-18H2,(H,27,28)(H,29,30)/b13-11+,14-12+. The second-order valence-electron chi connectivity index (χ2n) is 7.51. The molecule has 0 saturated carbocycles. The Labute approximate surface area is 192 Å². The van der Waals surface area contributed by atoms with Crippen molar-refractivity contribution in [3.63, 3.8) is 0 Å². The van der Waals surface area contributed by atoms with Crippen LogP contribution >= 0.6 is 0 Å². The Kier molecular flexibility index (Phi) is 10.3. The van der Waals surface area contributed by atoms with E-state index in [-0.39, 0.29) is 25.7 Å². The average molecular weight is 450 g/mol. The van der Waals surface area contributed by atoms with E-state index in [1.165, 1.54) is 0 Å². The lowest BCUT2D eigenvalue weighted by Gasteiger charge is -2.12. The van der Waals surface area contributed by atoms with Gasteiger partial charge in [-0.3, -0.25) is 19.2 Å². The number of carbonyl (C=O) groups excluding carboxylic acids is 2. The van der Waals surface area contributed by atoms with Crippen LogP contribution in [-0.2, 0) is 23.9 Å². The highest BCUT2D eigenvalue weighted by Crippen LogP contribution is 2.17. The molecule has 2 atom stereocenters. The molecule has 172 valence electrons. The fraction of sp³-hybridized carbons (Fsp3) is 0.231. The van der Waals surface area contributed by atoms with E-state index in [1.54, 1.807) is 24.3 Å². The molecular formula is C26H26O7. The summed E-state index contributed by atoms with van der Waals surface area (Å²) >= 11 is 0. The van der Waals surface area contributed by atoms with E-state index in [2.05, 4.69) is 0 Å². The average Bonchev–Trinajstić information content (AvgIpc) is 2.76. The highest BCUT2D eigenvalue weighted by atomic mass is 16.6. The summed E-state index contributed by atoms with van der Waals surface area (Å²) in [4.78, 5) is 46.8. The van der Waals surface area contributed by atoms with Crippen LogP contribution in [0.1, 0.15) is 36.8 Å². The first-order valence-electron chi connectivity index (χ1n) is 10.5. The fourth-order valence-corrected chi connectivity index (χ4v) is 3.13. The van der Waals surface area contributed by atoms with E-state index >= 15 is 0 Å². The van der Waals surface area contributed by atoms with Gasteiger partial charge in [0.25, 0.3) is 0 Å². The van der Waals surface area contributed by atoms with Crippen LogP contribution in [-0.4, -0.2) is 34.1 Å². The first-order chi connectivity index (χ1) is 15.8. The number of hydrogen-bond donors (Lipinski definition) is 2. The first-order valence-corrected chi connectivity index (χ1v) is 10.5. The normalized spacial score (nSPS) is 13.0. The molecule has 7 nitrogen and oxygen atoms in total. The van der Waals surface area contributed by atoms with Gasteiger partial charge in [0.1, 0.15) is 0 Å². The summed E-state index contributed by atoms with van der Waals surface area (Å²) in [5, 5.41) is 18.2. The van der Waals surface area contributed by atoms with Crippen LogP contribution in [0.25, 0.3) is 12.2 Å². The number of carboxylic acids is 2. The summed E-state index contributed by atoms with van der Waals surface area (Å²) in [5.74, 6) is -5.18. The van der Waals surface area contributed by atoms with Crippen LogP contribution in [0.5, 0.6) is 0 Å². The van der Waals surface area contributed by atoms with Crippen LogP contribution in [0.2, 0.25) is 0 Å². The highest BCUT2D eigenvalue weighted by Gasteiger charge is 2.21. The van der Waals surface area contributed by atoms with Gasteiger partial charge in [-0.25, -0.2) is 0 Å². The summed E-state index contributed by atoms with van der Waals surface area (Å²) in [7, 11) is 0. The molecule has 2 rings (SSSR count). The number of rotatable bonds is 12. The number of carboxylic acid groups (broad SMARTS) is 2. The zero-order chi connectivity index (χ0) is 24.1. The molecule has 0 spiro atoms. The van der Waals surface area contributed by atoms with Crippen molar-refractivity contribution in [2.45, 2.75) is 25.7 Å². The maximum atomic E-state index is 12.2. The Morgan fingerprint density at radius 3 is 1.33 bits per heavy atom. The first kappa shape index (κ1) is 25.3.